The smallest absolute Gasteiger partial charge is 0.00109 e. The molecule has 0 aliphatic carbocycles. The van der Waals surface area contributed by atoms with Gasteiger partial charge in [0, 0.05) is 0 Å². The molecule has 0 amide bonds. The summed E-state index contributed by atoms with van der Waals surface area (Å²) in [5, 5.41) is 5.00. The molecule has 0 spiro atoms. The SMILES string of the molecule is [c]1c(-c2cccc3ccccc23)c(Cc2ccccc2)c(Cc2ccccc2)c2ccccc12. The lowest BCUT2D eigenvalue weighted by molar-refractivity contribution is 1.11. The minimum absolute atomic E-state index is 0.878. The second-order valence-electron chi connectivity index (χ2n) is 8.85. The Balaban J connectivity index is 1.67. The highest BCUT2D eigenvalue weighted by Crippen LogP contribution is 2.38. The molecule has 34 heavy (non-hydrogen) atoms. The summed E-state index contributed by atoms with van der Waals surface area (Å²) in [6, 6.07) is 49.5. The summed E-state index contributed by atoms with van der Waals surface area (Å²) in [6.07, 6.45) is 1.78. The van der Waals surface area contributed by atoms with E-state index in [0.29, 0.717) is 0 Å². The van der Waals surface area contributed by atoms with Crippen LogP contribution in [-0.4, -0.2) is 0 Å². The van der Waals surface area contributed by atoms with E-state index in [-0.39, 0.29) is 0 Å². The highest BCUT2D eigenvalue weighted by atomic mass is 14.2. The maximum absolute atomic E-state index is 3.85. The van der Waals surface area contributed by atoms with E-state index >= 15 is 0 Å². The van der Waals surface area contributed by atoms with Crippen LogP contribution in [0.25, 0.3) is 32.7 Å². The zero-order valence-electron chi connectivity index (χ0n) is 19.0. The Labute approximate surface area is 201 Å². The van der Waals surface area contributed by atoms with E-state index in [1.165, 1.54) is 54.9 Å². The van der Waals surface area contributed by atoms with Crippen molar-refractivity contribution in [3.63, 3.8) is 0 Å². The van der Waals surface area contributed by atoms with Crippen molar-refractivity contribution < 1.29 is 0 Å². The molecule has 0 saturated heterocycles. The van der Waals surface area contributed by atoms with Crippen LogP contribution < -0.4 is 0 Å². The fourth-order valence-electron chi connectivity index (χ4n) is 5.05. The van der Waals surface area contributed by atoms with Gasteiger partial charge in [-0.3, -0.25) is 0 Å². The fourth-order valence-corrected chi connectivity index (χ4v) is 5.05. The Morgan fingerprint density at radius 3 is 1.74 bits per heavy atom. The molecule has 6 aromatic rings. The molecule has 0 aliphatic rings. The summed E-state index contributed by atoms with van der Waals surface area (Å²) in [7, 11) is 0. The molecule has 0 aliphatic heterocycles. The summed E-state index contributed by atoms with van der Waals surface area (Å²) >= 11 is 0. The lowest BCUT2D eigenvalue weighted by Crippen LogP contribution is -2.03. The second kappa shape index (κ2) is 9.00. The van der Waals surface area contributed by atoms with Crippen LogP contribution in [0.5, 0.6) is 0 Å². The van der Waals surface area contributed by atoms with Crippen molar-refractivity contribution in [2.24, 2.45) is 0 Å². The van der Waals surface area contributed by atoms with Crippen molar-refractivity contribution >= 4 is 21.5 Å². The third kappa shape index (κ3) is 3.89. The maximum Gasteiger partial charge on any atom is -0.00109 e. The molecule has 0 nitrogen and oxygen atoms in total. The Morgan fingerprint density at radius 2 is 1.00 bits per heavy atom. The maximum atomic E-state index is 3.85. The van der Waals surface area contributed by atoms with Crippen molar-refractivity contribution in [3.8, 4) is 11.1 Å². The molecule has 0 heterocycles. The fraction of sp³-hybridized carbons (Fsp3) is 0.0588. The van der Waals surface area contributed by atoms with Gasteiger partial charge < -0.3 is 0 Å². The average Bonchev–Trinajstić information content (AvgIpc) is 2.91. The van der Waals surface area contributed by atoms with E-state index in [2.05, 4.69) is 133 Å². The first kappa shape index (κ1) is 20.4. The molecule has 0 fully saturated rings. The molecule has 6 aromatic carbocycles. The van der Waals surface area contributed by atoms with Crippen LogP contribution in [0.4, 0.5) is 0 Å². The van der Waals surface area contributed by atoms with Crippen LogP contribution in [0.3, 0.4) is 0 Å². The first-order chi connectivity index (χ1) is 16.9. The van der Waals surface area contributed by atoms with Crippen molar-refractivity contribution in [2.45, 2.75) is 12.8 Å². The summed E-state index contributed by atoms with van der Waals surface area (Å²) in [6.45, 7) is 0. The quantitative estimate of drug-likeness (QED) is 0.255. The molecule has 0 N–H and O–H groups in total. The predicted octanol–water partition coefficient (Wildman–Crippen LogP) is 8.64. The number of hydrogen-bond donors (Lipinski definition) is 0. The molecule has 0 atom stereocenters. The van der Waals surface area contributed by atoms with Crippen LogP contribution in [0.2, 0.25) is 0 Å². The Bertz CT molecular complexity index is 1570. The van der Waals surface area contributed by atoms with E-state index in [4.69, 9.17) is 0 Å². The molecular formula is C34H25. The van der Waals surface area contributed by atoms with Gasteiger partial charge in [0.15, 0.2) is 0 Å². The van der Waals surface area contributed by atoms with E-state index < -0.39 is 0 Å². The number of fused-ring (bicyclic) bond motifs is 2. The predicted molar refractivity (Wildman–Crippen MR) is 144 cm³/mol. The lowest BCUT2D eigenvalue weighted by atomic mass is 9.84. The van der Waals surface area contributed by atoms with Crippen LogP contribution >= 0.6 is 0 Å². The van der Waals surface area contributed by atoms with Crippen molar-refractivity contribution in [1.29, 1.82) is 0 Å². The molecule has 0 saturated carbocycles. The third-order valence-corrected chi connectivity index (χ3v) is 6.68. The van der Waals surface area contributed by atoms with Crippen molar-refractivity contribution in [3.05, 3.63) is 156 Å². The van der Waals surface area contributed by atoms with Crippen LogP contribution in [0.15, 0.2) is 127 Å². The van der Waals surface area contributed by atoms with Crippen LogP contribution in [-0.2, 0) is 12.8 Å². The Kier molecular flexibility index (Phi) is 5.41. The van der Waals surface area contributed by atoms with Gasteiger partial charge in [0.05, 0.1) is 0 Å². The normalized spacial score (nSPS) is 11.2. The van der Waals surface area contributed by atoms with E-state index in [1.807, 2.05) is 0 Å². The highest BCUT2D eigenvalue weighted by Gasteiger charge is 2.17. The van der Waals surface area contributed by atoms with E-state index in [1.54, 1.807) is 0 Å². The zero-order valence-corrected chi connectivity index (χ0v) is 19.0. The molecule has 0 aromatic heterocycles. The van der Waals surface area contributed by atoms with Gasteiger partial charge in [-0.2, -0.15) is 0 Å². The zero-order chi connectivity index (χ0) is 22.7. The average molecular weight is 434 g/mol. The highest BCUT2D eigenvalue weighted by molar-refractivity contribution is 6.01. The van der Waals surface area contributed by atoms with Crippen LogP contribution in [0, 0.1) is 6.07 Å². The van der Waals surface area contributed by atoms with Crippen LogP contribution in [0.1, 0.15) is 22.3 Å². The van der Waals surface area contributed by atoms with Gasteiger partial charge in [-0.05, 0) is 73.8 Å². The molecule has 0 bridgehead atoms. The minimum Gasteiger partial charge on any atom is -0.0622 e. The Hall–Kier alpha value is -4.16. The standard InChI is InChI=1S/C34H25/c1-3-12-25(13-4-1)22-32-30-20-10-8-17-28(30)24-34(33(32)23-26-14-5-2-6-15-26)31-21-11-18-27-16-7-9-19-29(27)31/h1-21H,22-23H2. The van der Waals surface area contributed by atoms with Gasteiger partial charge in [-0.15, -0.1) is 0 Å². The van der Waals surface area contributed by atoms with E-state index in [0.717, 1.165) is 12.8 Å². The minimum atomic E-state index is 0.878. The lowest BCUT2D eigenvalue weighted by Gasteiger charge is -2.20. The molecule has 1 radical (unpaired) electrons. The Morgan fingerprint density at radius 1 is 0.441 bits per heavy atom. The summed E-state index contributed by atoms with van der Waals surface area (Å²) in [5.41, 5.74) is 7.88. The first-order valence-electron chi connectivity index (χ1n) is 11.9. The largest absolute Gasteiger partial charge is 0.0622 e. The number of rotatable bonds is 5. The monoisotopic (exact) mass is 433 g/mol. The number of hydrogen-bond acceptors (Lipinski definition) is 0. The molecular weight excluding hydrogens is 408 g/mol. The van der Waals surface area contributed by atoms with Gasteiger partial charge in [0.25, 0.3) is 0 Å². The number of benzene rings is 6. The van der Waals surface area contributed by atoms with Crippen molar-refractivity contribution in [1.82, 2.24) is 0 Å². The van der Waals surface area contributed by atoms with Gasteiger partial charge in [-0.25, -0.2) is 0 Å². The molecule has 161 valence electrons. The van der Waals surface area contributed by atoms with Crippen molar-refractivity contribution in [2.75, 3.05) is 0 Å². The molecule has 0 heteroatoms. The first-order valence-corrected chi connectivity index (χ1v) is 11.9. The van der Waals surface area contributed by atoms with Gasteiger partial charge >= 0.3 is 0 Å². The summed E-state index contributed by atoms with van der Waals surface area (Å²) in [5.74, 6) is 0. The molecule has 0 unspecified atom stereocenters. The van der Waals surface area contributed by atoms with Gasteiger partial charge in [0.2, 0.25) is 0 Å². The van der Waals surface area contributed by atoms with Gasteiger partial charge in [0.1, 0.15) is 0 Å². The van der Waals surface area contributed by atoms with E-state index in [9.17, 15) is 0 Å². The summed E-state index contributed by atoms with van der Waals surface area (Å²) in [4.78, 5) is 0. The van der Waals surface area contributed by atoms with Gasteiger partial charge in [-0.1, -0.05) is 127 Å². The second-order valence-corrected chi connectivity index (χ2v) is 8.85. The summed E-state index contributed by atoms with van der Waals surface area (Å²) < 4.78 is 0. The topological polar surface area (TPSA) is 0 Å². The third-order valence-electron chi connectivity index (χ3n) is 6.68. The molecule has 6 rings (SSSR count).